The number of amides is 1. The van der Waals surface area contributed by atoms with Gasteiger partial charge in [-0.25, -0.2) is 9.97 Å². The molecule has 3 atom stereocenters. The molecule has 1 aromatic heterocycles. The third-order valence-corrected chi connectivity index (χ3v) is 3.94. The van der Waals surface area contributed by atoms with E-state index in [1.54, 1.807) is 33.1 Å². The maximum Gasteiger partial charge on any atom is 0.257 e. The lowest BCUT2D eigenvalue weighted by Gasteiger charge is -2.40. The van der Waals surface area contributed by atoms with Crippen molar-refractivity contribution in [3.63, 3.8) is 0 Å². The minimum absolute atomic E-state index is 0.145. The van der Waals surface area contributed by atoms with E-state index < -0.39 is 0 Å². The predicted molar refractivity (Wildman–Crippen MR) is 79.5 cm³/mol. The van der Waals surface area contributed by atoms with Crippen LogP contribution in [0, 0.1) is 6.92 Å². The quantitative estimate of drug-likeness (QED) is 0.826. The zero-order valence-corrected chi connectivity index (χ0v) is 13.3. The first kappa shape index (κ1) is 16.6. The van der Waals surface area contributed by atoms with Crippen molar-refractivity contribution in [1.29, 1.82) is 0 Å². The third kappa shape index (κ3) is 3.18. The number of carbonyl (C=O) groups is 1. The van der Waals surface area contributed by atoms with Gasteiger partial charge < -0.3 is 24.8 Å². The van der Waals surface area contributed by atoms with Crippen LogP contribution >= 0.6 is 0 Å². The molecule has 1 saturated heterocycles. The van der Waals surface area contributed by atoms with Crippen molar-refractivity contribution < 1.29 is 19.0 Å². The number of hydrogen-bond donors (Lipinski definition) is 1. The topological polar surface area (TPSA) is 99.8 Å². The fraction of sp³-hybridized carbons (Fsp3) is 0.643. The molecule has 8 heteroatoms. The van der Waals surface area contributed by atoms with Gasteiger partial charge in [0, 0.05) is 27.5 Å². The Morgan fingerprint density at radius 1 is 1.41 bits per heavy atom. The lowest BCUT2D eigenvalue weighted by molar-refractivity contribution is -0.147. The number of ether oxygens (including phenoxy) is 3. The fourth-order valence-electron chi connectivity index (χ4n) is 2.62. The Kier molecular flexibility index (Phi) is 5.28. The SMILES string of the molecule is CO[C@H]1[C@H](N(C)C(=O)c2cnc(N)nc2C)COC[C@H]1OC. The number of aryl methyl sites for hydroxylation is 1. The molecule has 1 aliphatic heterocycles. The summed E-state index contributed by atoms with van der Waals surface area (Å²) in [5, 5.41) is 0. The highest BCUT2D eigenvalue weighted by Crippen LogP contribution is 2.21. The van der Waals surface area contributed by atoms with E-state index >= 15 is 0 Å². The molecule has 2 N–H and O–H groups in total. The molecule has 0 radical (unpaired) electrons. The number of anilines is 1. The zero-order valence-electron chi connectivity index (χ0n) is 13.3. The molecule has 1 aliphatic rings. The Hall–Kier alpha value is -1.77. The van der Waals surface area contributed by atoms with Crippen molar-refractivity contribution >= 4 is 11.9 Å². The van der Waals surface area contributed by atoms with E-state index in [2.05, 4.69) is 9.97 Å². The predicted octanol–water partition coefficient (Wildman–Crippen LogP) is -0.132. The van der Waals surface area contributed by atoms with Gasteiger partial charge in [-0.1, -0.05) is 0 Å². The van der Waals surface area contributed by atoms with Crippen molar-refractivity contribution in [2.45, 2.75) is 25.2 Å². The van der Waals surface area contributed by atoms with Crippen molar-refractivity contribution in [2.75, 3.05) is 40.2 Å². The van der Waals surface area contributed by atoms with Crippen LogP contribution in [0.3, 0.4) is 0 Å². The summed E-state index contributed by atoms with van der Waals surface area (Å²) in [5.74, 6) is -0.0585. The summed E-state index contributed by atoms with van der Waals surface area (Å²) in [6.45, 7) is 2.55. The van der Waals surface area contributed by atoms with E-state index in [1.807, 2.05) is 0 Å². The van der Waals surface area contributed by atoms with Crippen molar-refractivity contribution in [3.8, 4) is 0 Å². The lowest BCUT2D eigenvalue weighted by Crippen LogP contribution is -2.57. The molecule has 122 valence electrons. The van der Waals surface area contributed by atoms with Gasteiger partial charge in [0.25, 0.3) is 5.91 Å². The molecule has 0 unspecified atom stereocenters. The smallest absolute Gasteiger partial charge is 0.257 e. The molecule has 1 fully saturated rings. The molecule has 22 heavy (non-hydrogen) atoms. The molecule has 0 aromatic carbocycles. The first-order valence-corrected chi connectivity index (χ1v) is 6.99. The summed E-state index contributed by atoms with van der Waals surface area (Å²) in [6.07, 6.45) is 0.959. The van der Waals surface area contributed by atoms with Crippen molar-refractivity contribution in [1.82, 2.24) is 14.9 Å². The monoisotopic (exact) mass is 310 g/mol. The summed E-state index contributed by atoms with van der Waals surface area (Å²) < 4.78 is 16.4. The molecule has 0 spiro atoms. The van der Waals surface area contributed by atoms with E-state index in [0.29, 0.717) is 24.5 Å². The number of likely N-dealkylation sites (N-methyl/N-ethyl adjacent to an activating group) is 1. The van der Waals surface area contributed by atoms with E-state index in [9.17, 15) is 4.79 Å². The maximum absolute atomic E-state index is 12.7. The Morgan fingerprint density at radius 2 is 2.14 bits per heavy atom. The van der Waals surface area contributed by atoms with Gasteiger partial charge in [-0.15, -0.1) is 0 Å². The molecule has 0 bridgehead atoms. The van der Waals surface area contributed by atoms with Crippen molar-refractivity contribution in [3.05, 3.63) is 17.5 Å². The molecular formula is C14H22N4O4. The summed E-state index contributed by atoms with van der Waals surface area (Å²) in [4.78, 5) is 22.2. The zero-order chi connectivity index (χ0) is 16.3. The molecule has 2 heterocycles. The maximum atomic E-state index is 12.7. The van der Waals surface area contributed by atoms with Crippen LogP contribution < -0.4 is 5.73 Å². The average Bonchev–Trinajstić information content (AvgIpc) is 2.52. The molecule has 8 nitrogen and oxygen atoms in total. The third-order valence-electron chi connectivity index (χ3n) is 3.94. The number of nitrogens with two attached hydrogens (primary N) is 1. The summed E-state index contributed by atoms with van der Waals surface area (Å²) >= 11 is 0. The van der Waals surface area contributed by atoms with Gasteiger partial charge in [-0.05, 0) is 6.92 Å². The number of hydrogen-bond acceptors (Lipinski definition) is 7. The summed E-state index contributed by atoms with van der Waals surface area (Å²) in [7, 11) is 4.91. The molecular weight excluding hydrogens is 288 g/mol. The van der Waals surface area contributed by atoms with Gasteiger partial charge in [0.1, 0.15) is 12.2 Å². The Bertz CT molecular complexity index is 540. The van der Waals surface area contributed by atoms with Crippen LogP contribution in [0.25, 0.3) is 0 Å². The minimum atomic E-state index is -0.261. The number of methoxy groups -OCH3 is 2. The lowest BCUT2D eigenvalue weighted by atomic mass is 10.0. The summed E-state index contributed by atoms with van der Waals surface area (Å²) in [5.41, 5.74) is 6.47. The normalized spacial score (nSPS) is 25.0. The van der Waals surface area contributed by atoms with Gasteiger partial charge in [0.2, 0.25) is 5.95 Å². The van der Waals surface area contributed by atoms with E-state index in [-0.39, 0.29) is 30.1 Å². The standard InChI is InChI=1S/C14H22N4O4/c1-8-9(5-16-14(15)17-8)13(19)18(2)10-6-22-7-11(20-3)12(10)21-4/h5,10-12H,6-7H2,1-4H3,(H2,15,16,17)/t10-,11-,12+/m1/s1. The van der Waals surface area contributed by atoms with Gasteiger partial charge in [-0.2, -0.15) is 0 Å². The van der Waals surface area contributed by atoms with E-state index in [0.717, 1.165) is 0 Å². The minimum Gasteiger partial charge on any atom is -0.376 e. The first-order valence-electron chi connectivity index (χ1n) is 6.99. The first-order chi connectivity index (χ1) is 10.5. The van der Waals surface area contributed by atoms with Gasteiger partial charge >= 0.3 is 0 Å². The number of nitrogen functional groups attached to an aromatic ring is 1. The van der Waals surface area contributed by atoms with Crippen LogP contribution in [0.4, 0.5) is 5.95 Å². The summed E-state index contributed by atoms with van der Waals surface area (Å²) in [6, 6.07) is -0.256. The van der Waals surface area contributed by atoms with Gasteiger partial charge in [0.15, 0.2) is 0 Å². The van der Waals surface area contributed by atoms with Crippen LogP contribution in [0.15, 0.2) is 6.20 Å². The van der Waals surface area contributed by atoms with E-state index in [4.69, 9.17) is 19.9 Å². The highest BCUT2D eigenvalue weighted by Gasteiger charge is 2.39. The van der Waals surface area contributed by atoms with E-state index in [1.165, 1.54) is 6.20 Å². The second-order valence-electron chi connectivity index (χ2n) is 5.22. The van der Waals surface area contributed by atoms with Crippen LogP contribution in [0.1, 0.15) is 16.1 Å². The Labute approximate surface area is 129 Å². The molecule has 1 aromatic rings. The average molecular weight is 310 g/mol. The molecule has 2 rings (SSSR count). The second kappa shape index (κ2) is 6.99. The van der Waals surface area contributed by atoms with Crippen LogP contribution in [-0.2, 0) is 14.2 Å². The number of rotatable bonds is 4. The second-order valence-corrected chi connectivity index (χ2v) is 5.22. The Balaban J connectivity index is 2.21. The highest BCUT2D eigenvalue weighted by molar-refractivity contribution is 5.95. The number of aromatic nitrogens is 2. The molecule has 1 amide bonds. The molecule has 0 aliphatic carbocycles. The highest BCUT2D eigenvalue weighted by atomic mass is 16.6. The number of carbonyl (C=O) groups excluding carboxylic acids is 1. The fourth-order valence-corrected chi connectivity index (χ4v) is 2.62. The van der Waals surface area contributed by atoms with Crippen molar-refractivity contribution in [2.24, 2.45) is 0 Å². The molecule has 0 saturated carbocycles. The van der Waals surface area contributed by atoms with Crippen LogP contribution in [-0.4, -0.2) is 73.5 Å². The number of nitrogens with zero attached hydrogens (tertiary/aromatic N) is 3. The Morgan fingerprint density at radius 3 is 2.73 bits per heavy atom. The van der Waals surface area contributed by atoms with Crippen LogP contribution in [0.2, 0.25) is 0 Å². The largest absolute Gasteiger partial charge is 0.376 e. The van der Waals surface area contributed by atoms with Crippen LogP contribution in [0.5, 0.6) is 0 Å². The van der Waals surface area contributed by atoms with Gasteiger partial charge in [0.05, 0.1) is 30.5 Å². The van der Waals surface area contributed by atoms with Gasteiger partial charge in [-0.3, -0.25) is 4.79 Å².